The van der Waals surface area contributed by atoms with Crippen molar-refractivity contribution >= 4 is 18.3 Å². The van der Waals surface area contributed by atoms with E-state index in [1.807, 2.05) is 0 Å². The average Bonchev–Trinajstić information content (AvgIpc) is 1.92. The maximum Gasteiger partial charge on any atom is 0.236 e. The van der Waals surface area contributed by atoms with Crippen LogP contribution in [0, 0.1) is 0 Å². The van der Waals surface area contributed by atoms with Gasteiger partial charge >= 0.3 is 0 Å². The van der Waals surface area contributed by atoms with E-state index < -0.39 is 0 Å². The zero-order valence-electron chi connectivity index (χ0n) is 6.51. The van der Waals surface area contributed by atoms with Gasteiger partial charge in [0.1, 0.15) is 0 Å². The van der Waals surface area contributed by atoms with Crippen molar-refractivity contribution in [3.8, 4) is 0 Å². The molecule has 1 fully saturated rings. The molecule has 1 aliphatic rings. The van der Waals surface area contributed by atoms with Crippen LogP contribution in [0.4, 0.5) is 0 Å². The number of amides is 1. The highest BCUT2D eigenvalue weighted by atomic mass is 35.5. The van der Waals surface area contributed by atoms with Gasteiger partial charge in [0, 0.05) is 6.54 Å². The molecular weight excluding hydrogens is 164 g/mol. The fourth-order valence-corrected chi connectivity index (χ4v) is 1.14. The second-order valence-corrected chi connectivity index (χ2v) is 2.75. The molecule has 0 aromatic heterocycles. The van der Waals surface area contributed by atoms with Crippen molar-refractivity contribution in [2.75, 3.05) is 6.54 Å². The highest BCUT2D eigenvalue weighted by Crippen LogP contribution is 2.04. The van der Waals surface area contributed by atoms with Crippen molar-refractivity contribution in [3.05, 3.63) is 0 Å². The number of nitrogens with one attached hydrogen (secondary N) is 1. The third-order valence-electron chi connectivity index (χ3n) is 1.83. The molecule has 0 aromatic rings. The first-order valence-corrected chi connectivity index (χ1v) is 3.84. The molecule has 4 heteroatoms. The van der Waals surface area contributed by atoms with Crippen LogP contribution >= 0.6 is 12.4 Å². The molecule has 0 spiro atoms. The number of carbonyl (C=O) groups excluding carboxylic acids is 1. The van der Waals surface area contributed by atoms with Gasteiger partial charge in [-0.05, 0) is 12.8 Å². The van der Waals surface area contributed by atoms with Gasteiger partial charge in [-0.25, -0.2) is 0 Å². The topological polar surface area (TPSA) is 55.1 Å². The molecule has 0 saturated carbocycles. The minimum absolute atomic E-state index is 0. The van der Waals surface area contributed by atoms with Crippen LogP contribution < -0.4 is 11.1 Å². The van der Waals surface area contributed by atoms with Gasteiger partial charge in [0.25, 0.3) is 0 Å². The molecule has 0 aliphatic carbocycles. The zero-order valence-corrected chi connectivity index (χ0v) is 7.32. The molecule has 0 bridgehead atoms. The third-order valence-corrected chi connectivity index (χ3v) is 1.83. The number of rotatable bonds is 0. The normalized spacial score (nSPS) is 25.9. The summed E-state index contributed by atoms with van der Waals surface area (Å²) < 4.78 is 0. The van der Waals surface area contributed by atoms with Crippen LogP contribution in [-0.4, -0.2) is 18.5 Å². The van der Waals surface area contributed by atoms with E-state index in [0.29, 0.717) is 0 Å². The molecule has 0 aromatic carbocycles. The quantitative estimate of drug-likeness (QED) is 0.565. The maximum atomic E-state index is 10.9. The Balaban J connectivity index is 0.000001000. The van der Waals surface area contributed by atoms with Crippen LogP contribution in [0.3, 0.4) is 0 Å². The Kier molecular flexibility index (Phi) is 5.24. The molecule has 1 aliphatic heterocycles. The molecule has 0 unspecified atom stereocenters. The minimum atomic E-state index is -0.264. The smallest absolute Gasteiger partial charge is 0.236 e. The number of carbonyl (C=O) groups is 1. The second kappa shape index (κ2) is 5.38. The van der Waals surface area contributed by atoms with E-state index >= 15 is 0 Å². The van der Waals surface area contributed by atoms with Gasteiger partial charge < -0.3 is 11.1 Å². The molecule has 1 atom stereocenters. The van der Waals surface area contributed by atoms with Gasteiger partial charge in [-0.1, -0.05) is 12.8 Å². The van der Waals surface area contributed by atoms with Crippen molar-refractivity contribution < 1.29 is 4.79 Å². The van der Waals surface area contributed by atoms with E-state index in [-0.39, 0.29) is 24.4 Å². The molecule has 1 rings (SSSR count). The molecule has 1 amide bonds. The Morgan fingerprint density at radius 2 is 2.09 bits per heavy atom. The van der Waals surface area contributed by atoms with E-state index in [0.717, 1.165) is 25.8 Å². The number of hydrogen-bond acceptors (Lipinski definition) is 2. The lowest BCUT2D eigenvalue weighted by Gasteiger charge is -2.15. The predicted molar refractivity (Wildman–Crippen MR) is 46.7 cm³/mol. The summed E-state index contributed by atoms with van der Waals surface area (Å²) in [6.07, 6.45) is 4.22. The van der Waals surface area contributed by atoms with Crippen LogP contribution in [0.25, 0.3) is 0 Å². The maximum absolute atomic E-state index is 10.9. The van der Waals surface area contributed by atoms with E-state index in [4.69, 9.17) is 5.73 Å². The Morgan fingerprint density at radius 1 is 1.36 bits per heavy atom. The van der Waals surface area contributed by atoms with Crippen molar-refractivity contribution in [3.63, 3.8) is 0 Å². The van der Waals surface area contributed by atoms with Crippen LogP contribution in [-0.2, 0) is 4.79 Å². The van der Waals surface area contributed by atoms with Gasteiger partial charge in [-0.15, -0.1) is 12.4 Å². The Bertz CT molecular complexity index is 130. The Labute approximate surface area is 73.1 Å². The number of nitrogens with two attached hydrogens (primary N) is 1. The Morgan fingerprint density at radius 3 is 2.82 bits per heavy atom. The first-order chi connectivity index (χ1) is 4.80. The van der Waals surface area contributed by atoms with Gasteiger partial charge in [-0.3, -0.25) is 4.79 Å². The summed E-state index contributed by atoms with van der Waals surface area (Å²) >= 11 is 0. The fraction of sp³-hybridized carbons (Fsp3) is 0.857. The molecule has 11 heavy (non-hydrogen) atoms. The van der Waals surface area contributed by atoms with Gasteiger partial charge in [0.2, 0.25) is 5.91 Å². The van der Waals surface area contributed by atoms with Crippen molar-refractivity contribution in [2.45, 2.75) is 31.7 Å². The Hall–Kier alpha value is -0.280. The summed E-state index contributed by atoms with van der Waals surface area (Å²) in [5.74, 6) is 0.0136. The van der Waals surface area contributed by atoms with Gasteiger partial charge in [0.05, 0.1) is 6.04 Å². The standard InChI is InChI=1S/C7H14N2O.ClH/c8-6-4-2-1-3-5-9-7(6)10;/h6H,1-5,8H2,(H,9,10);1H/t6-;/m0./s1. The van der Waals surface area contributed by atoms with E-state index in [1.165, 1.54) is 6.42 Å². The lowest BCUT2D eigenvalue weighted by Crippen LogP contribution is -2.41. The molecule has 1 saturated heterocycles. The van der Waals surface area contributed by atoms with Crippen molar-refractivity contribution in [1.82, 2.24) is 5.32 Å². The SMILES string of the molecule is Cl.N[C@H]1CCCCCNC1=O. The molecular formula is C7H15ClN2O. The minimum Gasteiger partial charge on any atom is -0.355 e. The van der Waals surface area contributed by atoms with Crippen molar-refractivity contribution in [2.24, 2.45) is 5.73 Å². The van der Waals surface area contributed by atoms with Crippen LogP contribution in [0.5, 0.6) is 0 Å². The molecule has 66 valence electrons. The van der Waals surface area contributed by atoms with E-state index in [1.54, 1.807) is 0 Å². The van der Waals surface area contributed by atoms with Crippen LogP contribution in [0.2, 0.25) is 0 Å². The second-order valence-electron chi connectivity index (χ2n) is 2.75. The summed E-state index contributed by atoms with van der Waals surface area (Å²) in [5, 5.41) is 2.77. The molecule has 3 N–H and O–H groups in total. The molecule has 3 nitrogen and oxygen atoms in total. The average molecular weight is 179 g/mol. The molecule has 0 radical (unpaired) electrons. The van der Waals surface area contributed by atoms with Crippen molar-refractivity contribution in [1.29, 1.82) is 0 Å². The summed E-state index contributed by atoms with van der Waals surface area (Å²) in [5.41, 5.74) is 5.54. The van der Waals surface area contributed by atoms with Gasteiger partial charge in [0.15, 0.2) is 0 Å². The monoisotopic (exact) mass is 178 g/mol. The van der Waals surface area contributed by atoms with E-state index in [2.05, 4.69) is 5.32 Å². The highest BCUT2D eigenvalue weighted by Gasteiger charge is 2.13. The zero-order chi connectivity index (χ0) is 7.40. The first kappa shape index (κ1) is 10.7. The lowest BCUT2D eigenvalue weighted by molar-refractivity contribution is -0.122. The largest absolute Gasteiger partial charge is 0.355 e. The molecule has 1 heterocycles. The first-order valence-electron chi connectivity index (χ1n) is 3.84. The fourth-order valence-electron chi connectivity index (χ4n) is 1.14. The summed E-state index contributed by atoms with van der Waals surface area (Å²) in [4.78, 5) is 10.9. The summed E-state index contributed by atoms with van der Waals surface area (Å²) in [7, 11) is 0. The number of halogens is 1. The van der Waals surface area contributed by atoms with Crippen LogP contribution in [0.1, 0.15) is 25.7 Å². The van der Waals surface area contributed by atoms with Crippen LogP contribution in [0.15, 0.2) is 0 Å². The number of hydrogen-bond donors (Lipinski definition) is 2. The summed E-state index contributed by atoms with van der Waals surface area (Å²) in [6.45, 7) is 0.798. The lowest BCUT2D eigenvalue weighted by atomic mass is 10.1. The predicted octanol–water partition coefficient (Wildman–Crippen LogP) is 0.426. The summed E-state index contributed by atoms with van der Waals surface area (Å²) in [6, 6.07) is -0.264. The van der Waals surface area contributed by atoms with E-state index in [9.17, 15) is 4.79 Å². The highest BCUT2D eigenvalue weighted by molar-refractivity contribution is 5.85. The van der Waals surface area contributed by atoms with Gasteiger partial charge in [-0.2, -0.15) is 0 Å². The third kappa shape index (κ3) is 3.58.